The van der Waals surface area contributed by atoms with Gasteiger partial charge in [0.2, 0.25) is 0 Å². The maximum absolute atomic E-state index is 12.9. The van der Waals surface area contributed by atoms with Crippen LogP contribution >= 0.6 is 0 Å². The van der Waals surface area contributed by atoms with Gasteiger partial charge in [-0.1, -0.05) is 54.1 Å². The zero-order valence-corrected chi connectivity index (χ0v) is 15.0. The van der Waals surface area contributed by atoms with E-state index in [-0.39, 0.29) is 5.82 Å². The summed E-state index contributed by atoms with van der Waals surface area (Å²) in [5, 5.41) is 3.41. The summed E-state index contributed by atoms with van der Waals surface area (Å²) in [6.07, 6.45) is 0.887. The van der Waals surface area contributed by atoms with Crippen molar-refractivity contribution in [3.8, 4) is 5.75 Å². The fourth-order valence-electron chi connectivity index (χ4n) is 2.67. The van der Waals surface area contributed by atoms with Crippen LogP contribution in [0.3, 0.4) is 0 Å². The first-order valence-electron chi connectivity index (χ1n) is 8.91. The molecule has 0 amide bonds. The maximum Gasteiger partial charge on any atom is 0.123 e. The van der Waals surface area contributed by atoms with E-state index in [1.165, 1.54) is 28.8 Å². The van der Waals surface area contributed by atoms with Gasteiger partial charge in [0.15, 0.2) is 0 Å². The summed E-state index contributed by atoms with van der Waals surface area (Å²) in [4.78, 5) is 0. The first kappa shape index (κ1) is 18.2. The number of benzene rings is 3. The number of hydrogen-bond donors (Lipinski definition) is 1. The summed E-state index contributed by atoms with van der Waals surface area (Å²) in [7, 11) is 0. The van der Waals surface area contributed by atoms with Crippen LogP contribution in [-0.4, -0.2) is 6.54 Å². The van der Waals surface area contributed by atoms with Crippen molar-refractivity contribution in [2.75, 3.05) is 6.54 Å². The van der Waals surface area contributed by atoms with Crippen LogP contribution in [0.1, 0.15) is 22.3 Å². The third-order valence-electron chi connectivity index (χ3n) is 4.28. The van der Waals surface area contributed by atoms with Crippen LogP contribution in [0, 0.1) is 12.7 Å². The molecule has 0 radical (unpaired) electrons. The molecular formula is C23H24FNO. The first-order valence-corrected chi connectivity index (χ1v) is 8.91. The highest BCUT2D eigenvalue weighted by atomic mass is 19.1. The molecule has 0 unspecified atom stereocenters. The second-order valence-electron chi connectivity index (χ2n) is 6.47. The molecule has 3 rings (SSSR count). The van der Waals surface area contributed by atoms with Gasteiger partial charge in [-0.2, -0.15) is 0 Å². The highest BCUT2D eigenvalue weighted by Gasteiger charge is 1.99. The van der Waals surface area contributed by atoms with Crippen molar-refractivity contribution in [1.29, 1.82) is 0 Å². The number of hydrogen-bond acceptors (Lipinski definition) is 2. The van der Waals surface area contributed by atoms with E-state index >= 15 is 0 Å². The molecule has 0 spiro atoms. The smallest absolute Gasteiger partial charge is 0.123 e. The lowest BCUT2D eigenvalue weighted by atomic mass is 10.1. The highest BCUT2D eigenvalue weighted by Crippen LogP contribution is 2.14. The molecule has 0 heterocycles. The Bertz CT molecular complexity index is 795. The van der Waals surface area contributed by atoms with Crippen LogP contribution in [-0.2, 0) is 19.6 Å². The molecule has 3 heteroatoms. The molecule has 0 fully saturated rings. The lowest BCUT2D eigenvalue weighted by molar-refractivity contribution is 0.306. The summed E-state index contributed by atoms with van der Waals surface area (Å²) < 4.78 is 18.7. The standard InChI is InChI=1S/C23H24FNO/c1-18-2-4-21(5-3-18)17-26-23-12-8-20(9-13-23)16-25-15-14-19-6-10-22(24)11-7-19/h2-13,25H,14-17H2,1H3. The number of rotatable bonds is 8. The Balaban J connectivity index is 1.39. The largest absolute Gasteiger partial charge is 0.489 e. The zero-order valence-electron chi connectivity index (χ0n) is 15.0. The van der Waals surface area contributed by atoms with E-state index in [9.17, 15) is 4.39 Å². The second kappa shape index (κ2) is 9.16. The first-order chi connectivity index (χ1) is 12.7. The van der Waals surface area contributed by atoms with E-state index in [1.54, 1.807) is 0 Å². The molecule has 0 aromatic heterocycles. The molecule has 134 valence electrons. The van der Waals surface area contributed by atoms with Crippen molar-refractivity contribution in [1.82, 2.24) is 5.32 Å². The number of halogens is 1. The molecule has 0 saturated heterocycles. The van der Waals surface area contributed by atoms with Crippen molar-refractivity contribution in [2.24, 2.45) is 0 Å². The van der Waals surface area contributed by atoms with E-state index in [0.29, 0.717) is 6.61 Å². The van der Waals surface area contributed by atoms with Crippen LogP contribution in [0.5, 0.6) is 5.75 Å². The lowest BCUT2D eigenvalue weighted by Crippen LogP contribution is -2.16. The van der Waals surface area contributed by atoms with Gasteiger partial charge < -0.3 is 10.1 Å². The molecule has 1 N–H and O–H groups in total. The monoisotopic (exact) mass is 349 g/mol. The van der Waals surface area contributed by atoms with Crippen LogP contribution in [0.2, 0.25) is 0 Å². The van der Waals surface area contributed by atoms with Gasteiger partial charge in [-0.25, -0.2) is 4.39 Å². The van der Waals surface area contributed by atoms with Gasteiger partial charge in [0.1, 0.15) is 18.2 Å². The summed E-state index contributed by atoms with van der Waals surface area (Å²) in [5.41, 5.74) is 4.78. The van der Waals surface area contributed by atoms with E-state index < -0.39 is 0 Å². The predicted octanol–water partition coefficient (Wildman–Crippen LogP) is 5.05. The Labute approximate surface area is 154 Å². The second-order valence-corrected chi connectivity index (χ2v) is 6.47. The molecule has 26 heavy (non-hydrogen) atoms. The van der Waals surface area contributed by atoms with Crippen LogP contribution < -0.4 is 10.1 Å². The minimum Gasteiger partial charge on any atom is -0.489 e. The number of nitrogens with one attached hydrogen (secondary N) is 1. The van der Waals surface area contributed by atoms with Crippen molar-refractivity contribution in [3.05, 3.63) is 101 Å². The summed E-state index contributed by atoms with van der Waals surface area (Å²) in [5.74, 6) is 0.687. The number of ether oxygens (including phenoxy) is 1. The van der Waals surface area contributed by atoms with Gasteiger partial charge >= 0.3 is 0 Å². The molecule has 2 nitrogen and oxygen atoms in total. The predicted molar refractivity (Wildman–Crippen MR) is 104 cm³/mol. The number of aryl methyl sites for hydroxylation is 1. The highest BCUT2D eigenvalue weighted by molar-refractivity contribution is 5.28. The van der Waals surface area contributed by atoms with Gasteiger partial charge in [-0.3, -0.25) is 0 Å². The van der Waals surface area contributed by atoms with E-state index in [0.717, 1.165) is 30.8 Å². The molecule has 0 aliphatic carbocycles. The fraction of sp³-hybridized carbons (Fsp3) is 0.217. The Morgan fingerprint density at radius 3 is 2.08 bits per heavy atom. The molecular weight excluding hydrogens is 325 g/mol. The lowest BCUT2D eigenvalue weighted by Gasteiger charge is -2.09. The van der Waals surface area contributed by atoms with Gasteiger partial charge in [-0.15, -0.1) is 0 Å². The Kier molecular flexibility index (Phi) is 6.39. The van der Waals surface area contributed by atoms with Crippen molar-refractivity contribution in [3.63, 3.8) is 0 Å². The summed E-state index contributed by atoms with van der Waals surface area (Å²) >= 11 is 0. The maximum atomic E-state index is 12.9. The van der Waals surface area contributed by atoms with Crippen molar-refractivity contribution < 1.29 is 9.13 Å². The molecule has 0 bridgehead atoms. The fourth-order valence-corrected chi connectivity index (χ4v) is 2.67. The average molecular weight is 349 g/mol. The molecule has 0 atom stereocenters. The molecule has 0 aliphatic heterocycles. The van der Waals surface area contributed by atoms with E-state index in [4.69, 9.17) is 4.74 Å². The molecule has 3 aromatic rings. The minimum absolute atomic E-state index is 0.189. The van der Waals surface area contributed by atoms with Gasteiger partial charge in [-0.05, 0) is 60.8 Å². The van der Waals surface area contributed by atoms with Crippen LogP contribution in [0.25, 0.3) is 0 Å². The Morgan fingerprint density at radius 1 is 0.769 bits per heavy atom. The molecule has 0 aliphatic rings. The van der Waals surface area contributed by atoms with Crippen LogP contribution in [0.4, 0.5) is 4.39 Å². The summed E-state index contributed by atoms with van der Waals surface area (Å²) in [6, 6.07) is 23.2. The third kappa shape index (κ3) is 5.71. The quantitative estimate of drug-likeness (QED) is 0.575. The molecule has 3 aromatic carbocycles. The Hall–Kier alpha value is -2.65. The summed E-state index contributed by atoms with van der Waals surface area (Å²) in [6.45, 7) is 4.32. The van der Waals surface area contributed by atoms with E-state index in [1.807, 2.05) is 24.3 Å². The van der Waals surface area contributed by atoms with Gasteiger partial charge in [0.05, 0.1) is 0 Å². The van der Waals surface area contributed by atoms with E-state index in [2.05, 4.69) is 48.6 Å². The van der Waals surface area contributed by atoms with Crippen molar-refractivity contribution >= 4 is 0 Å². The topological polar surface area (TPSA) is 21.3 Å². The van der Waals surface area contributed by atoms with Gasteiger partial charge in [0, 0.05) is 6.54 Å². The average Bonchev–Trinajstić information content (AvgIpc) is 2.67. The van der Waals surface area contributed by atoms with Crippen molar-refractivity contribution in [2.45, 2.75) is 26.5 Å². The molecule has 0 saturated carbocycles. The Morgan fingerprint density at radius 2 is 1.38 bits per heavy atom. The minimum atomic E-state index is -0.189. The van der Waals surface area contributed by atoms with Gasteiger partial charge in [0.25, 0.3) is 0 Å². The third-order valence-corrected chi connectivity index (χ3v) is 4.28. The SMILES string of the molecule is Cc1ccc(COc2ccc(CNCCc3ccc(F)cc3)cc2)cc1. The van der Waals surface area contributed by atoms with Crippen LogP contribution in [0.15, 0.2) is 72.8 Å². The normalized spacial score (nSPS) is 10.7. The zero-order chi connectivity index (χ0) is 18.2.